The van der Waals surface area contributed by atoms with Crippen LogP contribution in [0.5, 0.6) is 0 Å². The van der Waals surface area contributed by atoms with Crippen LogP contribution in [-0.2, 0) is 24.5 Å². The summed E-state index contributed by atoms with van der Waals surface area (Å²) >= 11 is 2.14. The molecule has 0 unspecified atom stereocenters. The molecule has 1 amide bonds. The number of hydrogen-bond acceptors (Lipinski definition) is 6. The van der Waals surface area contributed by atoms with Crippen LogP contribution < -0.4 is 5.32 Å². The highest BCUT2D eigenvalue weighted by molar-refractivity contribution is 8.01. The summed E-state index contributed by atoms with van der Waals surface area (Å²) < 4.78 is 61.7. The Morgan fingerprint density at radius 2 is 1.97 bits per heavy atom. The summed E-state index contributed by atoms with van der Waals surface area (Å²) in [5, 5.41) is 7.07. The number of rotatable bonds is 5. The van der Waals surface area contributed by atoms with Crippen LogP contribution in [0.15, 0.2) is 39.8 Å². The van der Waals surface area contributed by atoms with Crippen LogP contribution in [0.3, 0.4) is 0 Å². The molecule has 0 bridgehead atoms. The normalized spacial score (nSPS) is 12.1. The minimum Gasteiger partial charge on any atom is -0.444 e. The fourth-order valence-corrected chi connectivity index (χ4v) is 4.79. The van der Waals surface area contributed by atoms with E-state index >= 15 is 0 Å². The highest BCUT2D eigenvalue weighted by Crippen LogP contribution is 2.43. The van der Waals surface area contributed by atoms with Crippen molar-refractivity contribution in [1.82, 2.24) is 20.1 Å². The van der Waals surface area contributed by atoms with Crippen molar-refractivity contribution in [2.45, 2.75) is 48.2 Å². The third kappa shape index (κ3) is 6.22. The van der Waals surface area contributed by atoms with E-state index in [-0.39, 0.29) is 17.0 Å². The molecule has 12 heteroatoms. The first-order chi connectivity index (χ1) is 14.8. The molecule has 0 atom stereocenters. The second-order valence-electron chi connectivity index (χ2n) is 7.76. The lowest BCUT2D eigenvalue weighted by atomic mass is 10.1. The Labute approximate surface area is 190 Å². The second kappa shape index (κ2) is 9.10. The molecular weight excluding hydrogens is 468 g/mol. The standard InChI is InChI=1S/C20H20F4N4O2S2/c1-19(2,3)30-18(29)26-8-15-25-9-16(32-15)31-14-6-12(20(22,23)24)5-13(21)17(14)11-7-27-28(4)10-11/h5-7,9-10H,8H2,1-4H3,(H,26,29). The van der Waals surface area contributed by atoms with Gasteiger partial charge < -0.3 is 10.1 Å². The third-order valence-corrected chi connectivity index (χ3v) is 6.04. The summed E-state index contributed by atoms with van der Waals surface area (Å²) in [6.45, 7) is 5.29. The molecule has 172 valence electrons. The van der Waals surface area contributed by atoms with Crippen molar-refractivity contribution in [3.8, 4) is 11.1 Å². The van der Waals surface area contributed by atoms with E-state index in [4.69, 9.17) is 4.74 Å². The van der Waals surface area contributed by atoms with Gasteiger partial charge in [-0.3, -0.25) is 4.68 Å². The largest absolute Gasteiger partial charge is 0.444 e. The minimum absolute atomic E-state index is 0.0259. The van der Waals surface area contributed by atoms with Gasteiger partial charge >= 0.3 is 12.3 Å². The van der Waals surface area contributed by atoms with Gasteiger partial charge in [0.05, 0.1) is 28.7 Å². The molecule has 2 aromatic heterocycles. The lowest BCUT2D eigenvalue weighted by molar-refractivity contribution is -0.137. The van der Waals surface area contributed by atoms with Crippen LogP contribution in [0.2, 0.25) is 0 Å². The first-order valence-corrected chi connectivity index (χ1v) is 10.9. The monoisotopic (exact) mass is 488 g/mol. The average molecular weight is 489 g/mol. The molecule has 32 heavy (non-hydrogen) atoms. The molecule has 0 fully saturated rings. The molecule has 0 saturated carbocycles. The van der Waals surface area contributed by atoms with Gasteiger partial charge in [-0.25, -0.2) is 14.2 Å². The van der Waals surface area contributed by atoms with E-state index in [0.29, 0.717) is 20.8 Å². The van der Waals surface area contributed by atoms with Crippen LogP contribution in [0.25, 0.3) is 11.1 Å². The minimum atomic E-state index is -4.69. The van der Waals surface area contributed by atoms with Crippen molar-refractivity contribution in [3.05, 3.63) is 47.1 Å². The Balaban J connectivity index is 1.85. The molecule has 3 rings (SSSR count). The van der Waals surface area contributed by atoms with Gasteiger partial charge in [-0.2, -0.15) is 18.3 Å². The summed E-state index contributed by atoms with van der Waals surface area (Å²) in [5.74, 6) is -0.994. The molecule has 6 nitrogen and oxygen atoms in total. The number of benzene rings is 1. The summed E-state index contributed by atoms with van der Waals surface area (Å²) in [5.41, 5.74) is -1.35. The molecule has 2 heterocycles. The molecule has 0 aliphatic heterocycles. The molecular formula is C20H20F4N4O2S2. The predicted octanol–water partition coefficient (Wildman–Crippen LogP) is 5.88. The number of alkyl carbamates (subject to hydrolysis) is 1. The van der Waals surface area contributed by atoms with Crippen LogP contribution >= 0.6 is 23.1 Å². The highest BCUT2D eigenvalue weighted by atomic mass is 32.2. The Morgan fingerprint density at radius 3 is 2.56 bits per heavy atom. The van der Waals surface area contributed by atoms with Gasteiger partial charge in [0.1, 0.15) is 16.4 Å². The van der Waals surface area contributed by atoms with Crippen LogP contribution in [0, 0.1) is 5.82 Å². The maximum atomic E-state index is 14.8. The molecule has 0 saturated heterocycles. The quantitative estimate of drug-likeness (QED) is 0.455. The first kappa shape index (κ1) is 24.1. The van der Waals surface area contributed by atoms with Gasteiger partial charge in [-0.1, -0.05) is 11.8 Å². The Kier molecular flexibility index (Phi) is 6.84. The number of thiazole rings is 1. The number of alkyl halides is 3. The first-order valence-electron chi connectivity index (χ1n) is 9.31. The number of ether oxygens (including phenoxy) is 1. The number of carbonyl (C=O) groups is 1. The van der Waals surface area contributed by atoms with Gasteiger partial charge in [0.15, 0.2) is 0 Å². The number of nitrogens with zero attached hydrogens (tertiary/aromatic N) is 3. The van der Waals surface area contributed by atoms with Crippen molar-refractivity contribution in [1.29, 1.82) is 0 Å². The summed E-state index contributed by atoms with van der Waals surface area (Å²) in [6.07, 6.45) is -0.926. The van der Waals surface area contributed by atoms with Crippen molar-refractivity contribution >= 4 is 29.2 Å². The van der Waals surface area contributed by atoms with Gasteiger partial charge in [-0.05, 0) is 32.9 Å². The van der Waals surface area contributed by atoms with E-state index in [2.05, 4.69) is 15.4 Å². The smallest absolute Gasteiger partial charge is 0.416 e. The predicted molar refractivity (Wildman–Crippen MR) is 113 cm³/mol. The molecule has 1 N–H and O–H groups in total. The summed E-state index contributed by atoms with van der Waals surface area (Å²) in [4.78, 5) is 16.0. The van der Waals surface area contributed by atoms with Crippen LogP contribution in [-0.4, -0.2) is 26.5 Å². The number of carbonyl (C=O) groups excluding carboxylic acids is 1. The summed E-state index contributed by atoms with van der Waals surface area (Å²) in [6, 6.07) is 1.39. The van der Waals surface area contributed by atoms with Crippen LogP contribution in [0.4, 0.5) is 22.4 Å². The zero-order valence-corrected chi connectivity index (χ0v) is 19.2. The van der Waals surface area contributed by atoms with Crippen molar-refractivity contribution < 1.29 is 27.1 Å². The van der Waals surface area contributed by atoms with Crippen LogP contribution in [0.1, 0.15) is 31.3 Å². The van der Waals surface area contributed by atoms with Crippen molar-refractivity contribution in [2.75, 3.05) is 0 Å². The number of aromatic nitrogens is 3. The van der Waals surface area contributed by atoms with Gasteiger partial charge in [-0.15, -0.1) is 11.3 Å². The lowest BCUT2D eigenvalue weighted by Gasteiger charge is -2.19. The Hall–Kier alpha value is -2.60. The maximum absolute atomic E-state index is 14.8. The Bertz CT molecular complexity index is 1120. The zero-order chi connectivity index (χ0) is 23.7. The molecule has 0 aliphatic rings. The van der Waals surface area contributed by atoms with Crippen molar-refractivity contribution in [3.63, 3.8) is 0 Å². The average Bonchev–Trinajstić information content (AvgIpc) is 3.26. The van der Waals surface area contributed by atoms with E-state index in [1.165, 1.54) is 34.6 Å². The van der Waals surface area contributed by atoms with Gasteiger partial charge in [0, 0.05) is 29.3 Å². The zero-order valence-electron chi connectivity index (χ0n) is 17.6. The topological polar surface area (TPSA) is 69.0 Å². The fourth-order valence-electron chi connectivity index (χ4n) is 2.65. The van der Waals surface area contributed by atoms with E-state index in [1.54, 1.807) is 27.8 Å². The number of halogens is 4. The second-order valence-corrected chi connectivity index (χ2v) is 10.2. The molecule has 1 aromatic carbocycles. The van der Waals surface area contributed by atoms with E-state index in [1.807, 2.05) is 0 Å². The Morgan fingerprint density at radius 1 is 1.25 bits per heavy atom. The molecule has 3 aromatic rings. The number of nitrogens with one attached hydrogen (secondary N) is 1. The number of hydrogen-bond donors (Lipinski definition) is 1. The van der Waals surface area contributed by atoms with Gasteiger partial charge in [0.25, 0.3) is 0 Å². The number of amides is 1. The van der Waals surface area contributed by atoms with Gasteiger partial charge in [0.2, 0.25) is 0 Å². The lowest BCUT2D eigenvalue weighted by Crippen LogP contribution is -2.32. The van der Waals surface area contributed by atoms with E-state index in [0.717, 1.165) is 17.8 Å². The fraction of sp³-hybridized carbons (Fsp3) is 0.350. The molecule has 0 radical (unpaired) electrons. The SMILES string of the molecule is Cn1cc(-c2c(F)cc(C(F)(F)F)cc2Sc2cnc(CNC(=O)OC(C)(C)C)s2)cn1. The number of aryl methyl sites for hydroxylation is 1. The molecule has 0 aliphatic carbocycles. The third-order valence-electron chi connectivity index (χ3n) is 3.90. The highest BCUT2D eigenvalue weighted by Gasteiger charge is 2.33. The maximum Gasteiger partial charge on any atom is 0.416 e. The van der Waals surface area contributed by atoms with Crippen molar-refractivity contribution in [2.24, 2.45) is 7.05 Å². The molecule has 0 spiro atoms. The van der Waals surface area contributed by atoms with E-state index in [9.17, 15) is 22.4 Å². The summed E-state index contributed by atoms with van der Waals surface area (Å²) in [7, 11) is 1.63. The van der Waals surface area contributed by atoms with E-state index < -0.39 is 29.3 Å².